The molecule has 1 fully saturated rings. The molecule has 2 aromatic rings. The minimum atomic E-state index is -1.47. The van der Waals surface area contributed by atoms with Crippen molar-refractivity contribution < 1.29 is 24.5 Å². The van der Waals surface area contributed by atoms with Crippen LogP contribution >= 0.6 is 0 Å². The number of ether oxygens (including phenoxy) is 1. The van der Waals surface area contributed by atoms with Crippen molar-refractivity contribution in [3.8, 4) is 0 Å². The van der Waals surface area contributed by atoms with E-state index in [4.69, 9.17) is 9.84 Å². The summed E-state index contributed by atoms with van der Waals surface area (Å²) in [6, 6.07) is 9.34. The first-order chi connectivity index (χ1) is 16.4. The molecule has 186 valence electrons. The molecule has 1 aromatic heterocycles. The number of carboxylic acids is 2. The van der Waals surface area contributed by atoms with Crippen molar-refractivity contribution >= 4 is 28.6 Å². The van der Waals surface area contributed by atoms with E-state index in [-0.39, 0.29) is 6.54 Å². The van der Waals surface area contributed by atoms with Crippen LogP contribution in [0.15, 0.2) is 47.3 Å². The van der Waals surface area contributed by atoms with E-state index in [0.717, 1.165) is 36.0 Å². The second kappa shape index (κ2) is 7.60. The lowest BCUT2D eigenvalue weighted by Crippen LogP contribution is -2.61. The van der Waals surface area contributed by atoms with Crippen molar-refractivity contribution in [3.05, 3.63) is 47.9 Å². The predicted octanol–water partition coefficient (Wildman–Crippen LogP) is 4.19. The lowest BCUT2D eigenvalue weighted by Gasteiger charge is -2.47. The molecule has 2 N–H and O–H groups in total. The van der Waals surface area contributed by atoms with Crippen LogP contribution in [0.2, 0.25) is 0 Å². The van der Waals surface area contributed by atoms with Gasteiger partial charge in [0.2, 0.25) is 0 Å². The van der Waals surface area contributed by atoms with Crippen molar-refractivity contribution in [1.29, 1.82) is 0 Å². The smallest absolute Gasteiger partial charge is 0.319 e. The van der Waals surface area contributed by atoms with Crippen LogP contribution < -0.4 is 0 Å². The average Bonchev–Trinajstić information content (AvgIpc) is 3.42. The normalized spacial score (nSPS) is 28.5. The van der Waals surface area contributed by atoms with Gasteiger partial charge in [0.05, 0.1) is 19.3 Å². The van der Waals surface area contributed by atoms with E-state index < -0.39 is 34.2 Å². The molecule has 3 heterocycles. The molecule has 0 spiro atoms. The zero-order valence-corrected chi connectivity index (χ0v) is 20.9. The van der Waals surface area contributed by atoms with Gasteiger partial charge in [0.25, 0.3) is 0 Å². The number of aliphatic carboxylic acids is 2. The Labute approximate surface area is 204 Å². The van der Waals surface area contributed by atoms with Crippen LogP contribution in [0.25, 0.3) is 10.9 Å². The number of carbonyl (C=O) groups is 2. The van der Waals surface area contributed by atoms with Gasteiger partial charge in [0.15, 0.2) is 0 Å². The van der Waals surface area contributed by atoms with Gasteiger partial charge in [0, 0.05) is 17.4 Å². The molecule has 1 aromatic carbocycles. The first kappa shape index (κ1) is 23.5. The lowest BCUT2D eigenvalue weighted by molar-refractivity contribution is -0.155. The number of methoxy groups -OCH3 is 1. The molecule has 8 heteroatoms. The van der Waals surface area contributed by atoms with Crippen LogP contribution in [0.5, 0.6) is 0 Å². The number of benzene rings is 1. The van der Waals surface area contributed by atoms with Gasteiger partial charge in [-0.15, -0.1) is 0 Å². The first-order valence-electron chi connectivity index (χ1n) is 12.1. The number of hydrogen-bond acceptors (Lipinski definition) is 5. The van der Waals surface area contributed by atoms with Crippen LogP contribution in [-0.2, 0) is 20.9 Å². The zero-order chi connectivity index (χ0) is 25.3. The van der Waals surface area contributed by atoms with E-state index in [1.54, 1.807) is 18.0 Å². The third-order valence-corrected chi connectivity index (χ3v) is 7.97. The molecule has 8 nitrogen and oxygen atoms in total. The summed E-state index contributed by atoms with van der Waals surface area (Å²) < 4.78 is 7.92. The maximum Gasteiger partial charge on any atom is 0.319 e. The predicted molar refractivity (Wildman–Crippen MR) is 132 cm³/mol. The van der Waals surface area contributed by atoms with E-state index in [1.807, 2.05) is 45.0 Å². The van der Waals surface area contributed by atoms with Gasteiger partial charge in [-0.05, 0) is 49.3 Å². The summed E-state index contributed by atoms with van der Waals surface area (Å²) in [4.78, 5) is 25.6. The second-order valence-corrected chi connectivity index (χ2v) is 11.4. The number of hydrazone groups is 1. The van der Waals surface area contributed by atoms with Crippen molar-refractivity contribution in [2.24, 2.45) is 27.3 Å². The Kier molecular flexibility index (Phi) is 5.09. The third kappa shape index (κ3) is 3.29. The van der Waals surface area contributed by atoms with E-state index in [0.29, 0.717) is 17.4 Å². The van der Waals surface area contributed by atoms with Crippen LogP contribution in [0.3, 0.4) is 0 Å². The summed E-state index contributed by atoms with van der Waals surface area (Å²) in [5.41, 5.74) is -1.22. The Morgan fingerprint density at radius 3 is 2.43 bits per heavy atom. The number of rotatable bonds is 6. The number of hydrogen-bond donors (Lipinski definition) is 2. The molecule has 0 bridgehead atoms. The molecule has 0 radical (unpaired) electrons. The monoisotopic (exact) mass is 479 g/mol. The summed E-state index contributed by atoms with van der Waals surface area (Å²) >= 11 is 0. The molecule has 1 saturated carbocycles. The van der Waals surface area contributed by atoms with Crippen LogP contribution in [0, 0.1) is 22.2 Å². The molecule has 3 atom stereocenters. The summed E-state index contributed by atoms with van der Waals surface area (Å²) in [7, 11) is 1.47. The minimum absolute atomic E-state index is 0.0529. The fraction of sp³-hybridized carbons (Fsp3) is 0.519. The quantitative estimate of drug-likeness (QED) is 0.644. The summed E-state index contributed by atoms with van der Waals surface area (Å²) in [6.45, 7) is 8.19. The highest BCUT2D eigenvalue weighted by Crippen LogP contribution is 2.55. The van der Waals surface area contributed by atoms with Gasteiger partial charge < -0.3 is 19.5 Å². The molecule has 3 unspecified atom stereocenters. The Bertz CT molecular complexity index is 1280. The van der Waals surface area contributed by atoms with Gasteiger partial charge in [-0.3, -0.25) is 14.6 Å². The van der Waals surface area contributed by atoms with Crippen molar-refractivity contribution in [1.82, 2.24) is 9.58 Å². The van der Waals surface area contributed by atoms with Crippen LogP contribution in [0.4, 0.5) is 0 Å². The van der Waals surface area contributed by atoms with Gasteiger partial charge in [0.1, 0.15) is 28.3 Å². The molecular weight excluding hydrogens is 446 g/mol. The largest absolute Gasteiger partial charge is 0.499 e. The summed E-state index contributed by atoms with van der Waals surface area (Å²) in [5, 5.41) is 28.5. The standard InChI is InChI=1S/C27H33N3O5/c1-25(2,3)27(24(33)34)21(28-30-15-26(4,23(31)32)13-20(35-5)22(27)30)19-12-17-8-6-7-9-18(17)29(19)14-16-10-11-16/h6-9,12-13,16,22H,10-11,14-15H2,1-5H3,(H,31,32)(H,33,34). The number of fused-ring (bicyclic) bond motifs is 2. The molecule has 5 rings (SSSR count). The van der Waals surface area contributed by atoms with Crippen LogP contribution in [-0.4, -0.2) is 57.1 Å². The molecule has 3 aliphatic rings. The molecule has 1 aliphatic carbocycles. The fourth-order valence-corrected chi connectivity index (χ4v) is 5.90. The van der Waals surface area contributed by atoms with Gasteiger partial charge in [-0.1, -0.05) is 39.0 Å². The average molecular weight is 480 g/mol. The number of carboxylic acid groups (broad SMARTS) is 2. The molecular formula is C27H33N3O5. The Morgan fingerprint density at radius 2 is 1.86 bits per heavy atom. The number of para-hydroxylation sites is 1. The Hall–Kier alpha value is -3.29. The van der Waals surface area contributed by atoms with E-state index in [9.17, 15) is 19.8 Å². The molecule has 2 aliphatic heterocycles. The van der Waals surface area contributed by atoms with Crippen molar-refractivity contribution in [2.45, 2.75) is 53.1 Å². The van der Waals surface area contributed by atoms with E-state index in [1.165, 1.54) is 7.11 Å². The lowest BCUT2D eigenvalue weighted by atomic mass is 9.58. The van der Waals surface area contributed by atoms with Gasteiger partial charge >= 0.3 is 11.9 Å². The summed E-state index contributed by atoms with van der Waals surface area (Å²) in [5.74, 6) is -1.12. The highest BCUT2D eigenvalue weighted by Gasteiger charge is 2.67. The summed E-state index contributed by atoms with van der Waals surface area (Å²) in [6.07, 6.45) is 3.88. The van der Waals surface area contributed by atoms with Crippen molar-refractivity contribution in [3.63, 3.8) is 0 Å². The van der Waals surface area contributed by atoms with Crippen molar-refractivity contribution in [2.75, 3.05) is 13.7 Å². The second-order valence-electron chi connectivity index (χ2n) is 11.4. The Morgan fingerprint density at radius 1 is 1.17 bits per heavy atom. The minimum Gasteiger partial charge on any atom is -0.499 e. The third-order valence-electron chi connectivity index (χ3n) is 7.97. The number of aromatic nitrogens is 1. The maximum absolute atomic E-state index is 13.4. The van der Waals surface area contributed by atoms with Gasteiger partial charge in [-0.25, -0.2) is 0 Å². The van der Waals surface area contributed by atoms with Gasteiger partial charge in [-0.2, -0.15) is 5.10 Å². The topological polar surface area (TPSA) is 104 Å². The SMILES string of the molecule is COC1=CC(C)(C(=O)O)CN2N=C(c3cc4ccccc4n3CC3CC3)C(C(=O)O)(C(C)(C)C)C12. The Balaban J connectivity index is 1.80. The van der Waals surface area contributed by atoms with E-state index in [2.05, 4.69) is 10.6 Å². The van der Waals surface area contributed by atoms with E-state index >= 15 is 0 Å². The first-order valence-corrected chi connectivity index (χ1v) is 12.1. The zero-order valence-electron chi connectivity index (χ0n) is 20.9. The van der Waals surface area contributed by atoms with Crippen LogP contribution in [0.1, 0.15) is 46.2 Å². The molecule has 0 saturated heterocycles. The fourth-order valence-electron chi connectivity index (χ4n) is 5.90. The molecule has 35 heavy (non-hydrogen) atoms. The number of nitrogens with zero attached hydrogens (tertiary/aromatic N) is 3. The molecule has 0 amide bonds. The highest BCUT2D eigenvalue weighted by atomic mass is 16.5. The maximum atomic E-state index is 13.4. The highest BCUT2D eigenvalue weighted by molar-refractivity contribution is 6.18.